The lowest BCUT2D eigenvalue weighted by molar-refractivity contribution is 0.339. The summed E-state index contributed by atoms with van der Waals surface area (Å²) in [6.45, 7) is 3.75. The van der Waals surface area contributed by atoms with Crippen LogP contribution in [0.2, 0.25) is 0 Å². The molecule has 0 N–H and O–H groups in total. The molecular formula is C16H21NO3S. The van der Waals surface area contributed by atoms with Crippen molar-refractivity contribution in [1.29, 1.82) is 0 Å². The third kappa shape index (κ3) is 3.74. The van der Waals surface area contributed by atoms with Crippen molar-refractivity contribution < 1.29 is 12.8 Å². The Hall–Kier alpha value is -1.59. The van der Waals surface area contributed by atoms with Gasteiger partial charge in [-0.15, -0.1) is 0 Å². The molecule has 2 unspecified atom stereocenters. The molecule has 0 spiro atoms. The molecule has 0 amide bonds. The maximum Gasteiger partial charge on any atom is 0.215 e. The number of benzene rings is 1. The summed E-state index contributed by atoms with van der Waals surface area (Å²) in [6, 6.07) is 12.9. The molecule has 0 saturated carbocycles. The molecule has 0 aliphatic rings. The van der Waals surface area contributed by atoms with Gasteiger partial charge in [-0.2, -0.15) is 4.31 Å². The van der Waals surface area contributed by atoms with Crippen LogP contribution in [0.25, 0.3) is 0 Å². The number of furan rings is 1. The van der Waals surface area contributed by atoms with Crippen LogP contribution in [0.1, 0.15) is 37.1 Å². The van der Waals surface area contributed by atoms with Crippen LogP contribution in [0.15, 0.2) is 53.1 Å². The summed E-state index contributed by atoms with van der Waals surface area (Å²) >= 11 is 0. The van der Waals surface area contributed by atoms with E-state index < -0.39 is 10.0 Å². The number of rotatable bonds is 6. The number of hydrogen-bond acceptors (Lipinski definition) is 3. The van der Waals surface area contributed by atoms with E-state index in [-0.39, 0.29) is 17.7 Å². The van der Waals surface area contributed by atoms with Crippen molar-refractivity contribution in [3.63, 3.8) is 0 Å². The summed E-state index contributed by atoms with van der Waals surface area (Å²) in [5, 5.41) is 0. The number of nitrogens with zero attached hydrogens (tertiary/aromatic N) is 1. The largest absolute Gasteiger partial charge is 0.468 e. The van der Waals surface area contributed by atoms with Gasteiger partial charge in [-0.05, 0) is 30.5 Å². The highest BCUT2D eigenvalue weighted by Gasteiger charge is 2.27. The fraction of sp³-hybridized carbons (Fsp3) is 0.375. The van der Waals surface area contributed by atoms with E-state index in [2.05, 4.69) is 0 Å². The quantitative estimate of drug-likeness (QED) is 0.822. The molecule has 2 atom stereocenters. The Kier molecular flexibility index (Phi) is 4.85. The van der Waals surface area contributed by atoms with E-state index >= 15 is 0 Å². The lowest BCUT2D eigenvalue weighted by Gasteiger charge is -2.24. The van der Waals surface area contributed by atoms with E-state index in [4.69, 9.17) is 4.42 Å². The average Bonchev–Trinajstić information content (AvgIpc) is 3.00. The second-order valence-electron chi connectivity index (χ2n) is 5.30. The van der Waals surface area contributed by atoms with Crippen LogP contribution in [0, 0.1) is 0 Å². The molecule has 0 aliphatic carbocycles. The van der Waals surface area contributed by atoms with Gasteiger partial charge in [0.15, 0.2) is 0 Å². The maximum atomic E-state index is 12.5. The van der Waals surface area contributed by atoms with Crippen molar-refractivity contribution in [1.82, 2.24) is 4.31 Å². The second-order valence-corrected chi connectivity index (χ2v) is 7.37. The van der Waals surface area contributed by atoms with Gasteiger partial charge in [-0.25, -0.2) is 8.42 Å². The first-order valence-corrected chi connectivity index (χ1v) is 8.57. The molecule has 0 bridgehead atoms. The van der Waals surface area contributed by atoms with E-state index in [1.54, 1.807) is 25.4 Å². The lowest BCUT2D eigenvalue weighted by Crippen LogP contribution is -2.33. The van der Waals surface area contributed by atoms with E-state index in [1.807, 2.05) is 44.2 Å². The van der Waals surface area contributed by atoms with Gasteiger partial charge >= 0.3 is 0 Å². The fourth-order valence-electron chi connectivity index (χ4n) is 2.26. The zero-order valence-electron chi connectivity index (χ0n) is 12.6. The zero-order valence-corrected chi connectivity index (χ0v) is 13.4. The molecule has 114 valence electrons. The van der Waals surface area contributed by atoms with Crippen molar-refractivity contribution in [3.8, 4) is 0 Å². The van der Waals surface area contributed by atoms with Crippen molar-refractivity contribution in [2.45, 2.75) is 25.8 Å². The summed E-state index contributed by atoms with van der Waals surface area (Å²) in [6.07, 6.45) is 1.55. The fourth-order valence-corrected chi connectivity index (χ4v) is 3.91. The number of hydrogen-bond donors (Lipinski definition) is 0. The summed E-state index contributed by atoms with van der Waals surface area (Å²) < 4.78 is 31.7. The third-order valence-corrected chi connectivity index (χ3v) is 5.88. The standard InChI is InChI=1S/C16H21NO3S/c1-13(15-8-5-4-6-9-15)12-21(18,19)17(3)14(2)16-10-7-11-20-16/h4-11,13-14H,12H2,1-3H3. The summed E-state index contributed by atoms with van der Waals surface area (Å²) in [5.74, 6) is 0.675. The summed E-state index contributed by atoms with van der Waals surface area (Å²) in [7, 11) is -1.76. The first-order valence-electron chi connectivity index (χ1n) is 6.96. The molecule has 4 nitrogen and oxygen atoms in total. The van der Waals surface area contributed by atoms with Gasteiger partial charge in [-0.3, -0.25) is 0 Å². The van der Waals surface area contributed by atoms with Crippen LogP contribution in [-0.2, 0) is 10.0 Å². The van der Waals surface area contributed by atoms with E-state index in [9.17, 15) is 8.42 Å². The van der Waals surface area contributed by atoms with E-state index in [1.165, 1.54) is 4.31 Å². The van der Waals surface area contributed by atoms with Gasteiger partial charge in [0.1, 0.15) is 5.76 Å². The van der Waals surface area contributed by atoms with E-state index in [0.29, 0.717) is 5.76 Å². The summed E-state index contributed by atoms with van der Waals surface area (Å²) in [4.78, 5) is 0. The average molecular weight is 307 g/mol. The zero-order chi connectivity index (χ0) is 15.5. The monoisotopic (exact) mass is 307 g/mol. The molecular weight excluding hydrogens is 286 g/mol. The van der Waals surface area contributed by atoms with Crippen LogP contribution in [-0.4, -0.2) is 25.5 Å². The predicted octanol–water partition coefficient (Wildman–Crippen LogP) is 3.41. The topological polar surface area (TPSA) is 50.5 Å². The molecule has 2 aromatic rings. The Morgan fingerprint density at radius 3 is 2.33 bits per heavy atom. The van der Waals surface area contributed by atoms with Crippen molar-refractivity contribution >= 4 is 10.0 Å². The van der Waals surface area contributed by atoms with Crippen molar-refractivity contribution in [3.05, 3.63) is 60.1 Å². The molecule has 0 radical (unpaired) electrons. The van der Waals surface area contributed by atoms with Crippen LogP contribution < -0.4 is 0 Å². The summed E-state index contributed by atoms with van der Waals surface area (Å²) in [5.41, 5.74) is 1.03. The molecule has 1 aromatic carbocycles. The normalized spacial score (nSPS) is 15.0. The Labute approximate surface area is 126 Å². The molecule has 2 rings (SSSR count). The third-order valence-electron chi connectivity index (χ3n) is 3.77. The molecule has 1 heterocycles. The van der Waals surface area contributed by atoms with Crippen LogP contribution in [0.4, 0.5) is 0 Å². The minimum atomic E-state index is -3.36. The van der Waals surface area contributed by atoms with Crippen LogP contribution in [0.5, 0.6) is 0 Å². The first kappa shape index (κ1) is 15.8. The molecule has 5 heteroatoms. The van der Waals surface area contributed by atoms with Gasteiger partial charge in [0, 0.05) is 7.05 Å². The molecule has 0 fully saturated rings. The highest BCUT2D eigenvalue weighted by molar-refractivity contribution is 7.89. The van der Waals surface area contributed by atoms with Crippen molar-refractivity contribution in [2.24, 2.45) is 0 Å². The minimum absolute atomic E-state index is 0.0533. The second kappa shape index (κ2) is 6.45. The minimum Gasteiger partial charge on any atom is -0.468 e. The highest BCUT2D eigenvalue weighted by atomic mass is 32.2. The molecule has 1 aromatic heterocycles. The Morgan fingerprint density at radius 2 is 1.76 bits per heavy atom. The van der Waals surface area contributed by atoms with Gasteiger partial charge in [0.2, 0.25) is 10.0 Å². The molecule has 0 aliphatic heterocycles. The lowest BCUT2D eigenvalue weighted by atomic mass is 10.0. The Morgan fingerprint density at radius 1 is 1.10 bits per heavy atom. The Balaban J connectivity index is 2.11. The highest BCUT2D eigenvalue weighted by Crippen LogP contribution is 2.25. The SMILES string of the molecule is CC(CS(=O)(=O)N(C)C(C)c1ccco1)c1ccccc1. The van der Waals surface area contributed by atoms with Crippen LogP contribution in [0.3, 0.4) is 0 Å². The Bertz CT molecular complexity index is 650. The van der Waals surface area contributed by atoms with Gasteiger partial charge in [-0.1, -0.05) is 37.3 Å². The molecule has 21 heavy (non-hydrogen) atoms. The first-order chi connectivity index (χ1) is 9.92. The van der Waals surface area contributed by atoms with Gasteiger partial charge < -0.3 is 4.42 Å². The van der Waals surface area contributed by atoms with Crippen LogP contribution >= 0.6 is 0 Å². The van der Waals surface area contributed by atoms with E-state index in [0.717, 1.165) is 5.56 Å². The molecule has 0 saturated heterocycles. The van der Waals surface area contributed by atoms with Crippen molar-refractivity contribution in [2.75, 3.05) is 12.8 Å². The smallest absolute Gasteiger partial charge is 0.215 e. The van der Waals surface area contributed by atoms with Gasteiger partial charge in [0.05, 0.1) is 18.1 Å². The predicted molar refractivity (Wildman–Crippen MR) is 83.5 cm³/mol. The maximum absolute atomic E-state index is 12.5. The number of sulfonamides is 1. The van der Waals surface area contributed by atoms with Gasteiger partial charge in [0.25, 0.3) is 0 Å².